The maximum absolute atomic E-state index is 13.4. The Morgan fingerprint density at radius 3 is 2.30 bits per heavy atom. The fraction of sp³-hybridized carbons (Fsp3) is 0.880. The quantitative estimate of drug-likeness (QED) is 0.352. The van der Waals surface area contributed by atoms with Crippen LogP contribution in [0.4, 0.5) is 0 Å². The lowest BCUT2D eigenvalue weighted by atomic mass is 9.75. The SMILES string of the molecule is CC1CCC(C(C)C)C(OC(=O)C(CC(C)(C)C(=O)OC2CCCCO2)C(C)(Cl)C(=O)O)C1. The summed E-state index contributed by atoms with van der Waals surface area (Å²) in [5.74, 6) is -2.82. The summed E-state index contributed by atoms with van der Waals surface area (Å²) in [6, 6.07) is 0. The van der Waals surface area contributed by atoms with E-state index in [2.05, 4.69) is 20.8 Å². The summed E-state index contributed by atoms with van der Waals surface area (Å²) >= 11 is 6.40. The van der Waals surface area contributed by atoms with Crippen molar-refractivity contribution in [3.8, 4) is 0 Å². The predicted molar refractivity (Wildman–Crippen MR) is 125 cm³/mol. The van der Waals surface area contributed by atoms with Gasteiger partial charge >= 0.3 is 17.9 Å². The molecule has 0 aromatic carbocycles. The van der Waals surface area contributed by atoms with Gasteiger partial charge in [0.15, 0.2) is 4.87 Å². The van der Waals surface area contributed by atoms with Crippen LogP contribution in [0, 0.1) is 29.1 Å². The van der Waals surface area contributed by atoms with Gasteiger partial charge in [-0.1, -0.05) is 27.2 Å². The Bertz CT molecular complexity index is 697. The summed E-state index contributed by atoms with van der Waals surface area (Å²) in [6.07, 6.45) is 4.18. The molecule has 1 saturated heterocycles. The van der Waals surface area contributed by atoms with Gasteiger partial charge in [0.05, 0.1) is 17.9 Å². The largest absolute Gasteiger partial charge is 0.480 e. The van der Waals surface area contributed by atoms with Gasteiger partial charge in [0, 0.05) is 6.42 Å². The average Bonchev–Trinajstić information content (AvgIpc) is 2.72. The molecule has 2 rings (SSSR count). The molecule has 6 unspecified atom stereocenters. The van der Waals surface area contributed by atoms with Crippen LogP contribution in [0.15, 0.2) is 0 Å². The fourth-order valence-electron chi connectivity index (χ4n) is 4.80. The summed E-state index contributed by atoms with van der Waals surface area (Å²) in [5, 5.41) is 9.77. The van der Waals surface area contributed by atoms with Crippen LogP contribution in [0.1, 0.15) is 86.5 Å². The molecular formula is C25H41ClO7. The fourth-order valence-corrected chi connectivity index (χ4v) is 4.97. The number of hydrogen-bond acceptors (Lipinski definition) is 6. The van der Waals surface area contributed by atoms with Crippen LogP contribution in [0.25, 0.3) is 0 Å². The molecule has 0 spiro atoms. The molecule has 7 nitrogen and oxygen atoms in total. The standard InChI is InChI=1S/C25H41ClO7/c1-15(2)17-11-10-16(3)13-19(17)32-21(27)18(25(6,26)22(28)29)14-24(4,5)23(30)33-20-9-7-8-12-31-20/h15-20H,7-14H2,1-6H3,(H,28,29). The van der Waals surface area contributed by atoms with Crippen molar-refractivity contribution in [1.29, 1.82) is 0 Å². The molecule has 6 atom stereocenters. The number of alkyl halides is 1. The molecule has 8 heteroatoms. The molecule has 1 aliphatic carbocycles. The molecule has 2 aliphatic rings. The zero-order valence-electron chi connectivity index (χ0n) is 20.9. The summed E-state index contributed by atoms with van der Waals surface area (Å²) in [7, 11) is 0. The molecular weight excluding hydrogens is 448 g/mol. The van der Waals surface area contributed by atoms with E-state index in [4.69, 9.17) is 25.8 Å². The minimum absolute atomic E-state index is 0.113. The van der Waals surface area contributed by atoms with Crippen molar-refractivity contribution >= 4 is 29.5 Å². The number of carbonyl (C=O) groups is 3. The van der Waals surface area contributed by atoms with Crippen LogP contribution in [-0.4, -0.2) is 46.9 Å². The lowest BCUT2D eigenvalue weighted by molar-refractivity contribution is -0.197. The highest BCUT2D eigenvalue weighted by Crippen LogP contribution is 2.40. The van der Waals surface area contributed by atoms with Crippen LogP contribution in [0.3, 0.4) is 0 Å². The Morgan fingerprint density at radius 1 is 1.09 bits per heavy atom. The smallest absolute Gasteiger partial charge is 0.325 e. The molecule has 0 aromatic heterocycles. The minimum Gasteiger partial charge on any atom is -0.480 e. The van der Waals surface area contributed by atoms with Crippen molar-refractivity contribution in [2.24, 2.45) is 29.1 Å². The van der Waals surface area contributed by atoms with Gasteiger partial charge < -0.3 is 19.3 Å². The van der Waals surface area contributed by atoms with E-state index in [-0.39, 0.29) is 18.4 Å². The first kappa shape index (κ1) is 27.9. The third kappa shape index (κ3) is 7.32. The van der Waals surface area contributed by atoms with Crippen molar-refractivity contribution in [2.75, 3.05) is 6.61 Å². The van der Waals surface area contributed by atoms with E-state index < -0.39 is 40.4 Å². The minimum atomic E-state index is -1.93. The number of aliphatic carboxylic acids is 1. The van der Waals surface area contributed by atoms with E-state index in [0.29, 0.717) is 24.9 Å². The maximum atomic E-state index is 13.4. The van der Waals surface area contributed by atoms with Gasteiger partial charge in [-0.15, -0.1) is 11.6 Å². The highest BCUT2D eigenvalue weighted by atomic mass is 35.5. The Hall–Kier alpha value is -1.34. The Morgan fingerprint density at radius 2 is 1.76 bits per heavy atom. The number of carbonyl (C=O) groups excluding carboxylic acids is 2. The molecule has 2 fully saturated rings. The normalized spacial score (nSPS) is 29.1. The van der Waals surface area contributed by atoms with Crippen molar-refractivity contribution < 1.29 is 33.7 Å². The molecule has 1 N–H and O–H groups in total. The molecule has 1 saturated carbocycles. The predicted octanol–water partition coefficient (Wildman–Crippen LogP) is 5.17. The van der Waals surface area contributed by atoms with Crippen molar-refractivity contribution in [3.63, 3.8) is 0 Å². The second-order valence-corrected chi connectivity index (χ2v) is 11.8. The van der Waals surface area contributed by atoms with Crippen molar-refractivity contribution in [3.05, 3.63) is 0 Å². The van der Waals surface area contributed by atoms with Gasteiger partial charge in [-0.05, 0) is 70.6 Å². The molecule has 190 valence electrons. The monoisotopic (exact) mass is 488 g/mol. The number of ether oxygens (including phenoxy) is 3. The highest BCUT2D eigenvalue weighted by Gasteiger charge is 2.50. The van der Waals surface area contributed by atoms with Crippen LogP contribution < -0.4 is 0 Å². The number of carboxylic acids is 1. The van der Waals surface area contributed by atoms with Crippen LogP contribution in [0.5, 0.6) is 0 Å². The lowest BCUT2D eigenvalue weighted by Gasteiger charge is -2.39. The summed E-state index contributed by atoms with van der Waals surface area (Å²) < 4.78 is 17.0. The molecule has 0 aromatic rings. The summed E-state index contributed by atoms with van der Waals surface area (Å²) in [4.78, 5) is 36.4. The van der Waals surface area contributed by atoms with Gasteiger partial charge in [0.2, 0.25) is 6.29 Å². The number of halogens is 1. The van der Waals surface area contributed by atoms with Gasteiger partial charge in [-0.3, -0.25) is 14.4 Å². The van der Waals surface area contributed by atoms with Crippen molar-refractivity contribution in [2.45, 2.75) is 104 Å². The summed E-state index contributed by atoms with van der Waals surface area (Å²) in [6.45, 7) is 11.4. The van der Waals surface area contributed by atoms with E-state index in [1.165, 1.54) is 6.92 Å². The molecule has 33 heavy (non-hydrogen) atoms. The Kier molecular flexibility index (Phi) is 9.63. The number of rotatable bonds is 9. The second kappa shape index (κ2) is 11.4. The van der Waals surface area contributed by atoms with Gasteiger partial charge in [0.1, 0.15) is 6.10 Å². The lowest BCUT2D eigenvalue weighted by Crippen LogP contribution is -2.48. The Balaban J connectivity index is 2.20. The second-order valence-electron chi connectivity index (χ2n) is 11.0. The third-order valence-electron chi connectivity index (χ3n) is 7.23. The molecule has 0 radical (unpaired) electrons. The van der Waals surface area contributed by atoms with Crippen LogP contribution >= 0.6 is 11.6 Å². The topological polar surface area (TPSA) is 99.1 Å². The average molecular weight is 489 g/mol. The maximum Gasteiger partial charge on any atom is 0.325 e. The first-order chi connectivity index (χ1) is 15.3. The van der Waals surface area contributed by atoms with Crippen LogP contribution in [-0.2, 0) is 28.6 Å². The summed E-state index contributed by atoms with van der Waals surface area (Å²) in [5.41, 5.74) is -1.16. The van der Waals surface area contributed by atoms with E-state index >= 15 is 0 Å². The molecule has 1 heterocycles. The van der Waals surface area contributed by atoms with Gasteiger partial charge in [-0.25, -0.2) is 0 Å². The van der Waals surface area contributed by atoms with E-state index in [9.17, 15) is 19.5 Å². The van der Waals surface area contributed by atoms with Crippen molar-refractivity contribution in [1.82, 2.24) is 0 Å². The number of esters is 2. The van der Waals surface area contributed by atoms with Crippen LogP contribution in [0.2, 0.25) is 0 Å². The highest BCUT2D eigenvalue weighted by molar-refractivity contribution is 6.34. The van der Waals surface area contributed by atoms with E-state index in [1.54, 1.807) is 13.8 Å². The molecule has 0 bridgehead atoms. The molecule has 0 amide bonds. The van der Waals surface area contributed by atoms with Gasteiger partial charge in [-0.2, -0.15) is 0 Å². The third-order valence-corrected chi connectivity index (χ3v) is 7.65. The van der Waals surface area contributed by atoms with Gasteiger partial charge in [0.25, 0.3) is 0 Å². The zero-order chi connectivity index (χ0) is 25.0. The number of hydrogen-bond donors (Lipinski definition) is 1. The Labute approximate surface area is 202 Å². The molecule has 1 aliphatic heterocycles. The first-order valence-electron chi connectivity index (χ1n) is 12.2. The van der Waals surface area contributed by atoms with E-state index in [0.717, 1.165) is 32.1 Å². The van der Waals surface area contributed by atoms with E-state index in [1.807, 2.05) is 0 Å². The first-order valence-corrected chi connectivity index (χ1v) is 12.6. The zero-order valence-corrected chi connectivity index (χ0v) is 21.7. The number of carboxylic acid groups (broad SMARTS) is 1.